The number of sulfonamides is 1. The van der Waals surface area contributed by atoms with Crippen molar-refractivity contribution in [2.45, 2.75) is 30.2 Å². The highest BCUT2D eigenvalue weighted by Gasteiger charge is 2.40. The summed E-state index contributed by atoms with van der Waals surface area (Å²) in [7, 11) is -3.75. The minimum Gasteiger partial charge on any atom is -0.356 e. The van der Waals surface area contributed by atoms with E-state index in [1.807, 2.05) is 4.90 Å². The minimum atomic E-state index is -3.75. The molecular formula is C11H15N3O3S. The molecule has 2 atom stereocenters. The van der Waals surface area contributed by atoms with Crippen molar-refractivity contribution in [1.29, 1.82) is 0 Å². The van der Waals surface area contributed by atoms with Gasteiger partial charge in [-0.2, -0.15) is 0 Å². The average Bonchev–Trinajstić information content (AvgIpc) is 3.02. The lowest BCUT2D eigenvalue weighted by atomic mass is 10.1. The van der Waals surface area contributed by atoms with Crippen molar-refractivity contribution in [2.24, 2.45) is 11.1 Å². The predicted octanol–water partition coefficient (Wildman–Crippen LogP) is 0.287. The second kappa shape index (κ2) is 3.83. The number of likely N-dealkylation sites (tertiary alicyclic amines) is 1. The number of nitrogens with one attached hydrogen (secondary N) is 1. The number of carbonyl (C=O) groups excluding carboxylic acids is 1. The summed E-state index contributed by atoms with van der Waals surface area (Å²) in [5.41, 5.74) is 0.298. The summed E-state index contributed by atoms with van der Waals surface area (Å²) in [5, 5.41) is 5.01. The number of nitrogens with zero attached hydrogens (tertiary/aromatic N) is 1. The van der Waals surface area contributed by atoms with Crippen LogP contribution in [0, 0.1) is 5.92 Å². The summed E-state index contributed by atoms with van der Waals surface area (Å²) in [6.07, 6.45) is 4.59. The van der Waals surface area contributed by atoms with Crippen LogP contribution >= 0.6 is 0 Å². The monoisotopic (exact) mass is 269 g/mol. The number of nitrogens with two attached hydrogens (primary N) is 1. The zero-order chi connectivity index (χ0) is 12.9. The van der Waals surface area contributed by atoms with E-state index in [0.717, 1.165) is 19.4 Å². The molecule has 0 aromatic carbocycles. The molecule has 3 rings (SSSR count). The van der Waals surface area contributed by atoms with E-state index in [-0.39, 0.29) is 10.8 Å². The van der Waals surface area contributed by atoms with Crippen LogP contribution in [-0.4, -0.2) is 36.8 Å². The van der Waals surface area contributed by atoms with E-state index in [2.05, 4.69) is 4.98 Å². The molecule has 1 saturated heterocycles. The topological polar surface area (TPSA) is 96.3 Å². The van der Waals surface area contributed by atoms with Crippen LogP contribution in [-0.2, 0) is 10.0 Å². The number of rotatable bonds is 2. The standard InChI is InChI=1S/C11H15N3O3S/c12-18(16,17)9-4-10(13-5-9)11(15)14-6-7-1-2-8(14)3-7/h4-5,7-8,13H,1-3,6H2,(H2,12,16,17). The molecule has 1 amide bonds. The molecule has 2 fully saturated rings. The van der Waals surface area contributed by atoms with Crippen LogP contribution in [0.3, 0.4) is 0 Å². The Kier molecular flexibility index (Phi) is 2.49. The molecule has 0 spiro atoms. The van der Waals surface area contributed by atoms with E-state index >= 15 is 0 Å². The van der Waals surface area contributed by atoms with Gasteiger partial charge in [0.05, 0.1) is 4.90 Å². The Balaban J connectivity index is 1.83. The fourth-order valence-corrected chi connectivity index (χ4v) is 3.50. The number of aromatic amines is 1. The Morgan fingerprint density at radius 3 is 2.72 bits per heavy atom. The normalized spacial score (nSPS) is 26.8. The maximum atomic E-state index is 12.2. The molecule has 1 aromatic rings. The van der Waals surface area contributed by atoms with Crippen LogP contribution in [0.4, 0.5) is 0 Å². The van der Waals surface area contributed by atoms with Crippen molar-refractivity contribution < 1.29 is 13.2 Å². The SMILES string of the molecule is NS(=O)(=O)c1c[nH]c(C(=O)N2CC3CCC2C3)c1. The van der Waals surface area contributed by atoms with E-state index < -0.39 is 10.0 Å². The van der Waals surface area contributed by atoms with Crippen LogP contribution in [0.5, 0.6) is 0 Å². The number of piperidine rings is 1. The molecular weight excluding hydrogens is 254 g/mol. The number of fused-ring (bicyclic) bond motifs is 2. The lowest BCUT2D eigenvalue weighted by Gasteiger charge is -2.26. The van der Waals surface area contributed by atoms with Crippen LogP contribution in [0.1, 0.15) is 29.8 Å². The van der Waals surface area contributed by atoms with E-state index in [0.29, 0.717) is 17.7 Å². The third kappa shape index (κ3) is 1.83. The van der Waals surface area contributed by atoms with Crippen LogP contribution in [0.15, 0.2) is 17.2 Å². The van der Waals surface area contributed by atoms with Gasteiger partial charge in [0, 0.05) is 18.8 Å². The summed E-state index contributed by atoms with van der Waals surface area (Å²) in [6, 6.07) is 1.63. The first-order valence-corrected chi connectivity index (χ1v) is 7.52. The van der Waals surface area contributed by atoms with Crippen LogP contribution < -0.4 is 5.14 Å². The molecule has 2 bridgehead atoms. The van der Waals surface area contributed by atoms with E-state index in [1.54, 1.807) is 0 Å². The fourth-order valence-electron chi connectivity index (χ4n) is 2.99. The molecule has 1 saturated carbocycles. The molecule has 1 aliphatic heterocycles. The van der Waals surface area contributed by atoms with Gasteiger partial charge in [-0.1, -0.05) is 0 Å². The third-order valence-corrected chi connectivity index (χ3v) is 4.78. The van der Waals surface area contributed by atoms with E-state index in [1.165, 1.54) is 18.7 Å². The lowest BCUT2D eigenvalue weighted by molar-refractivity contribution is 0.0698. The minimum absolute atomic E-state index is 0.0461. The van der Waals surface area contributed by atoms with Crippen molar-refractivity contribution in [2.75, 3.05) is 6.54 Å². The maximum Gasteiger partial charge on any atom is 0.270 e. The number of aromatic nitrogens is 1. The molecule has 98 valence electrons. The van der Waals surface area contributed by atoms with Gasteiger partial charge in [-0.25, -0.2) is 13.6 Å². The number of hydrogen-bond donors (Lipinski definition) is 2. The summed E-state index contributed by atoms with van der Waals surface area (Å²) in [5.74, 6) is 0.490. The highest BCUT2D eigenvalue weighted by molar-refractivity contribution is 7.89. The number of amides is 1. The molecule has 7 heteroatoms. The van der Waals surface area contributed by atoms with Gasteiger partial charge in [-0.05, 0) is 31.2 Å². The first-order chi connectivity index (χ1) is 8.45. The largest absolute Gasteiger partial charge is 0.356 e. The smallest absolute Gasteiger partial charge is 0.270 e. The first-order valence-electron chi connectivity index (χ1n) is 5.97. The Bertz CT molecular complexity index is 592. The van der Waals surface area contributed by atoms with Crippen molar-refractivity contribution in [3.8, 4) is 0 Å². The third-order valence-electron chi connectivity index (χ3n) is 3.89. The Labute approximate surface area is 105 Å². The van der Waals surface area contributed by atoms with Crippen molar-refractivity contribution in [3.63, 3.8) is 0 Å². The summed E-state index contributed by atoms with van der Waals surface area (Å²) >= 11 is 0. The fraction of sp³-hybridized carbons (Fsp3) is 0.545. The molecule has 0 radical (unpaired) electrons. The van der Waals surface area contributed by atoms with Gasteiger partial charge in [0.1, 0.15) is 5.69 Å². The summed E-state index contributed by atoms with van der Waals surface area (Å²) in [4.78, 5) is 16.7. The number of hydrogen-bond acceptors (Lipinski definition) is 3. The zero-order valence-corrected chi connectivity index (χ0v) is 10.6. The number of H-pyrrole nitrogens is 1. The predicted molar refractivity (Wildman–Crippen MR) is 64.3 cm³/mol. The van der Waals surface area contributed by atoms with Gasteiger partial charge in [0.25, 0.3) is 5.91 Å². The van der Waals surface area contributed by atoms with Crippen molar-refractivity contribution in [1.82, 2.24) is 9.88 Å². The van der Waals surface area contributed by atoms with Gasteiger partial charge in [-0.15, -0.1) is 0 Å². The second-order valence-electron chi connectivity index (χ2n) is 5.08. The summed E-state index contributed by atoms with van der Waals surface area (Å²) < 4.78 is 22.3. The number of carbonyl (C=O) groups is 1. The molecule has 2 heterocycles. The van der Waals surface area contributed by atoms with Crippen molar-refractivity contribution in [3.05, 3.63) is 18.0 Å². The van der Waals surface area contributed by atoms with E-state index in [9.17, 15) is 13.2 Å². The van der Waals surface area contributed by atoms with Gasteiger partial charge >= 0.3 is 0 Å². The summed E-state index contributed by atoms with van der Waals surface area (Å²) in [6.45, 7) is 0.785. The highest BCUT2D eigenvalue weighted by Crippen LogP contribution is 2.38. The molecule has 3 N–H and O–H groups in total. The van der Waals surface area contributed by atoms with Crippen LogP contribution in [0.25, 0.3) is 0 Å². The Hall–Kier alpha value is -1.34. The van der Waals surface area contributed by atoms with E-state index in [4.69, 9.17) is 5.14 Å². The van der Waals surface area contributed by atoms with Gasteiger partial charge < -0.3 is 9.88 Å². The Morgan fingerprint density at radius 1 is 1.44 bits per heavy atom. The quantitative estimate of drug-likeness (QED) is 0.807. The van der Waals surface area contributed by atoms with Crippen LogP contribution in [0.2, 0.25) is 0 Å². The van der Waals surface area contributed by atoms with Gasteiger partial charge in [0.2, 0.25) is 10.0 Å². The molecule has 1 aromatic heterocycles. The molecule has 18 heavy (non-hydrogen) atoms. The maximum absolute atomic E-state index is 12.2. The Morgan fingerprint density at radius 2 is 2.22 bits per heavy atom. The first kappa shape index (κ1) is 11.7. The lowest BCUT2D eigenvalue weighted by Crippen LogP contribution is -2.37. The molecule has 2 aliphatic rings. The van der Waals surface area contributed by atoms with Crippen molar-refractivity contribution >= 4 is 15.9 Å². The highest BCUT2D eigenvalue weighted by atomic mass is 32.2. The zero-order valence-electron chi connectivity index (χ0n) is 9.80. The molecule has 6 nitrogen and oxygen atoms in total. The molecule has 1 aliphatic carbocycles. The van der Waals surface area contributed by atoms with Gasteiger partial charge in [-0.3, -0.25) is 4.79 Å². The van der Waals surface area contributed by atoms with Gasteiger partial charge in [0.15, 0.2) is 0 Å². The second-order valence-corrected chi connectivity index (χ2v) is 6.65. The number of primary sulfonamides is 1. The molecule has 2 unspecified atom stereocenters. The average molecular weight is 269 g/mol.